The molecular weight excluding hydrogens is 1890 g/mol. The minimum Gasteiger partial charge on any atom is -0.420 e. The number of rotatable bonds is 76. The summed E-state index contributed by atoms with van der Waals surface area (Å²) >= 11 is 0. The summed E-state index contributed by atoms with van der Waals surface area (Å²) in [6.07, 6.45) is -14.5. The Balaban J connectivity index is 0.824. The molecule has 7 rings (SSSR count). The van der Waals surface area contributed by atoms with E-state index in [-0.39, 0.29) is 260 Å². The minimum atomic E-state index is -2.41. The standard InChI is InChI=1S/C84H134F5N15O36/c85-65-66(86)68(88)79(69(89)67(65)87)140-64(112)15-26-127-37-42-132-44-45-133-43-38-128-30-19-93-80(122)55(6-1-3-16-90-60(108)12-23-124-34-39-129-31-20-102-46-52(96-99-102)9-27-134-82-76(119)73(116)70(113)57(49-105)137-82)95-81(123)56(7-2-4-17-91-61(109)13-24-125-35-40-130-32-21-103-47-53(97-100-103)10-28-135-83-77(120)74(117)71(114)58(50-106)138-83)94-63(111)8-5-18-92-62(110)14-25-126-36-41-131-33-22-104-48-54(98-101-104)11-29-136-84-78(121)75(118)72(115)59(51-107)139-84/h46-48,55-59,70-78,82-84,105-107,113-121H,1-45,49-51H2,(H,90,108)(H,91,109)(H,92,110)(H,93,122)(H,94,111)(H,95,123)/t55?,56?,57-,58-,59-,70+,71+,72+,73+,74+,75+,76-,77-,78-,82-,83-,84-/m1/s1. The maximum atomic E-state index is 14.4. The third kappa shape index (κ3) is 44.0. The van der Waals surface area contributed by atoms with Crippen molar-refractivity contribution in [3.05, 3.63) is 64.8 Å². The number of esters is 1. The summed E-state index contributed by atoms with van der Waals surface area (Å²) in [6.45, 7) is 1.66. The first-order valence-corrected chi connectivity index (χ1v) is 46.2. The van der Waals surface area contributed by atoms with Crippen molar-refractivity contribution in [3.63, 3.8) is 0 Å². The molecule has 3 fully saturated rings. The second-order valence-corrected chi connectivity index (χ2v) is 32.0. The third-order valence-electron chi connectivity index (χ3n) is 21.3. The number of nitrogens with zero attached hydrogens (tertiary/aromatic N) is 9. The van der Waals surface area contributed by atoms with Crippen LogP contribution >= 0.6 is 0 Å². The maximum Gasteiger partial charge on any atom is 0.313 e. The zero-order chi connectivity index (χ0) is 101. The van der Waals surface area contributed by atoms with Gasteiger partial charge < -0.3 is 174 Å². The Morgan fingerprint density at radius 3 is 1.00 bits per heavy atom. The zero-order valence-electron chi connectivity index (χ0n) is 77.6. The summed E-state index contributed by atoms with van der Waals surface area (Å²) in [5.74, 6) is -17.5. The summed E-state index contributed by atoms with van der Waals surface area (Å²) < 4.78 is 165. The first-order chi connectivity index (χ1) is 67.6. The monoisotopic (exact) mass is 2020 g/mol. The van der Waals surface area contributed by atoms with E-state index in [4.69, 9.17) is 75.8 Å². The number of amides is 6. The van der Waals surface area contributed by atoms with E-state index in [9.17, 15) is 117 Å². The molecule has 51 nitrogen and oxygen atoms in total. The largest absolute Gasteiger partial charge is 0.420 e. The van der Waals surface area contributed by atoms with Crippen molar-refractivity contribution in [2.45, 2.75) is 220 Å². The lowest BCUT2D eigenvalue weighted by molar-refractivity contribution is -0.300. The SMILES string of the molecule is O=C(CCOCCOCCn1cc(CCO[C@@H]2O[C@H](CO)[C@H](O)[C@H](O)[C@H]2O)nn1)NCCCCC(NC(=O)CCCNC(=O)CCOCCOCCn1cc(CCO[C@@H]2O[C@H](CO)[C@H](O)[C@H](O)[C@H]2O)nn1)C(=O)NC(CCCCNC(=O)CCOCCOCCn1cc(CCO[C@@H]2O[C@H](CO)[C@H](O)[C@H](O)[C@H]2O)nn1)C(=O)NCCOCCOCCOCCOCCC(=O)Oc1c(F)c(F)c(F)c(F)c1F. The predicted octanol–water partition coefficient (Wildman–Crippen LogP) is -7.48. The van der Waals surface area contributed by atoms with Crippen molar-refractivity contribution in [2.75, 3.05) is 198 Å². The number of aromatic nitrogens is 9. The van der Waals surface area contributed by atoms with Crippen LogP contribution in [0.1, 0.15) is 94.1 Å². The van der Waals surface area contributed by atoms with Crippen LogP contribution in [0.5, 0.6) is 5.75 Å². The van der Waals surface area contributed by atoms with Crippen molar-refractivity contribution in [1.29, 1.82) is 0 Å². The molecule has 17 atom stereocenters. The normalized spacial score (nSPS) is 21.9. The molecule has 796 valence electrons. The van der Waals surface area contributed by atoms with Gasteiger partial charge in [-0.05, 0) is 44.9 Å². The Labute approximate surface area is 801 Å². The van der Waals surface area contributed by atoms with Crippen molar-refractivity contribution >= 4 is 41.4 Å². The number of aliphatic hydroxyl groups is 12. The van der Waals surface area contributed by atoms with Crippen LogP contribution in [0.4, 0.5) is 22.0 Å². The number of benzene rings is 1. The lowest BCUT2D eigenvalue weighted by Crippen LogP contribution is -2.59. The van der Waals surface area contributed by atoms with Gasteiger partial charge in [0.25, 0.3) is 0 Å². The van der Waals surface area contributed by atoms with Gasteiger partial charge in [-0.1, -0.05) is 15.6 Å². The first-order valence-electron chi connectivity index (χ1n) is 46.2. The van der Waals surface area contributed by atoms with Crippen LogP contribution in [0.3, 0.4) is 0 Å². The highest BCUT2D eigenvalue weighted by molar-refractivity contribution is 5.92. The number of halogens is 5. The number of unbranched alkanes of at least 4 members (excludes halogenated alkanes) is 2. The van der Waals surface area contributed by atoms with E-state index in [2.05, 4.69) is 67.6 Å². The quantitative estimate of drug-likeness (QED) is 0.00488. The maximum absolute atomic E-state index is 14.4. The van der Waals surface area contributed by atoms with Crippen LogP contribution in [0, 0.1) is 29.1 Å². The highest BCUT2D eigenvalue weighted by atomic mass is 19.2. The van der Waals surface area contributed by atoms with E-state index in [0.29, 0.717) is 62.4 Å². The Morgan fingerprint density at radius 1 is 0.329 bits per heavy atom. The molecule has 6 heterocycles. The van der Waals surface area contributed by atoms with Crippen molar-refractivity contribution in [3.8, 4) is 5.75 Å². The fourth-order valence-corrected chi connectivity index (χ4v) is 13.4. The average molecular weight is 2030 g/mol. The van der Waals surface area contributed by atoms with Gasteiger partial charge in [0, 0.05) is 89.7 Å². The first kappa shape index (κ1) is 118. The number of hydrogen-bond donors (Lipinski definition) is 18. The second kappa shape index (κ2) is 67.9. The smallest absolute Gasteiger partial charge is 0.313 e. The molecule has 0 bridgehead atoms. The van der Waals surface area contributed by atoms with E-state index in [1.54, 1.807) is 32.6 Å². The molecule has 0 radical (unpaired) electrons. The van der Waals surface area contributed by atoms with E-state index in [1.807, 2.05) is 0 Å². The van der Waals surface area contributed by atoms with Crippen LogP contribution in [-0.2, 0) is 148 Å². The van der Waals surface area contributed by atoms with Crippen LogP contribution in [0.2, 0.25) is 0 Å². The minimum absolute atomic E-state index is 0.00428. The highest BCUT2D eigenvalue weighted by Gasteiger charge is 2.47. The zero-order valence-corrected chi connectivity index (χ0v) is 77.6. The Bertz CT molecular complexity index is 4160. The van der Waals surface area contributed by atoms with E-state index < -0.39 is 189 Å². The number of nitrogens with one attached hydrogen (secondary N) is 6. The van der Waals surface area contributed by atoms with Gasteiger partial charge in [-0.2, -0.15) is 8.78 Å². The van der Waals surface area contributed by atoms with Gasteiger partial charge in [0.05, 0.1) is 215 Å². The van der Waals surface area contributed by atoms with E-state index >= 15 is 0 Å². The lowest BCUT2D eigenvalue weighted by atomic mass is 9.99. The molecular formula is C84H134F5N15O36. The molecule has 1 aromatic carbocycles. The Kier molecular flexibility index (Phi) is 57.4. The number of aliphatic hydroxyl groups excluding tert-OH is 12. The molecule has 18 N–H and O–H groups in total. The molecule has 2 unspecified atom stereocenters. The molecule has 3 aliphatic rings. The molecule has 4 aromatic rings. The predicted molar refractivity (Wildman–Crippen MR) is 462 cm³/mol. The highest BCUT2D eigenvalue weighted by Crippen LogP contribution is 2.31. The molecule has 6 amide bonds. The van der Waals surface area contributed by atoms with Crippen molar-refractivity contribution in [1.82, 2.24) is 76.9 Å². The van der Waals surface area contributed by atoms with Crippen LogP contribution in [0.15, 0.2) is 18.6 Å². The molecule has 3 aromatic heterocycles. The summed E-state index contributed by atoms with van der Waals surface area (Å²) in [6, 6.07) is -2.38. The Morgan fingerprint density at radius 2 is 0.643 bits per heavy atom. The van der Waals surface area contributed by atoms with Crippen LogP contribution in [-0.4, -0.2) is 450 Å². The van der Waals surface area contributed by atoms with Gasteiger partial charge in [-0.15, -0.1) is 15.3 Å². The Hall–Kier alpha value is -8.54. The summed E-state index contributed by atoms with van der Waals surface area (Å²) in [4.78, 5) is 92.7. The van der Waals surface area contributed by atoms with Crippen molar-refractivity contribution in [2.24, 2.45) is 0 Å². The number of carbonyl (C=O) groups is 7. The van der Waals surface area contributed by atoms with Crippen molar-refractivity contribution < 1.29 is 197 Å². The number of carbonyl (C=O) groups excluding carboxylic acids is 7. The molecule has 140 heavy (non-hydrogen) atoms. The molecule has 3 saturated heterocycles. The number of ether oxygens (including phenoxy) is 17. The molecule has 0 saturated carbocycles. The van der Waals surface area contributed by atoms with Gasteiger partial charge in [-0.25, -0.2) is 27.2 Å². The van der Waals surface area contributed by atoms with Crippen LogP contribution < -0.4 is 36.6 Å². The second-order valence-electron chi connectivity index (χ2n) is 32.0. The van der Waals surface area contributed by atoms with Gasteiger partial charge >= 0.3 is 5.97 Å². The topological polar surface area (TPSA) is 683 Å². The molecule has 0 aliphatic carbocycles. The van der Waals surface area contributed by atoms with Gasteiger partial charge in [0.15, 0.2) is 18.9 Å². The third-order valence-corrected chi connectivity index (χ3v) is 21.3. The summed E-state index contributed by atoms with van der Waals surface area (Å²) in [5.41, 5.74) is 1.64. The summed E-state index contributed by atoms with van der Waals surface area (Å²) in [7, 11) is 0. The van der Waals surface area contributed by atoms with E-state index in [1.165, 1.54) is 0 Å². The van der Waals surface area contributed by atoms with Crippen LogP contribution in [0.25, 0.3) is 0 Å². The molecule has 0 spiro atoms. The van der Waals surface area contributed by atoms with Gasteiger partial charge in [0.1, 0.15) is 85.3 Å². The lowest BCUT2D eigenvalue weighted by Gasteiger charge is -2.39. The fourth-order valence-electron chi connectivity index (χ4n) is 13.4. The summed E-state index contributed by atoms with van der Waals surface area (Å²) in [5, 5.41) is 160. The molecule has 3 aliphatic heterocycles. The van der Waals surface area contributed by atoms with Gasteiger partial charge in [-0.3, -0.25) is 33.6 Å². The van der Waals surface area contributed by atoms with E-state index in [0.717, 1.165) is 0 Å². The fraction of sp³-hybridized carbons (Fsp3) is 0.774. The molecule has 56 heteroatoms. The number of hydrogen-bond acceptors (Lipinski definition) is 42. The average Bonchev–Trinajstić information content (AvgIpc) is 0.955. The van der Waals surface area contributed by atoms with Gasteiger partial charge in [0.2, 0.25) is 70.3 Å².